The van der Waals surface area contributed by atoms with E-state index in [9.17, 15) is 4.79 Å². The second kappa shape index (κ2) is 13.6. The number of nitrogens with one attached hydrogen (secondary N) is 2. The summed E-state index contributed by atoms with van der Waals surface area (Å²) in [5.74, 6) is 1.98. The van der Waals surface area contributed by atoms with E-state index in [0.717, 1.165) is 80.2 Å². The van der Waals surface area contributed by atoms with Crippen LogP contribution in [-0.2, 0) is 4.74 Å². The molecule has 6 rings (SSSR count). The number of aromatic nitrogens is 3. The van der Waals surface area contributed by atoms with Gasteiger partial charge in [-0.1, -0.05) is 29.8 Å². The van der Waals surface area contributed by atoms with E-state index in [0.29, 0.717) is 22.9 Å². The van der Waals surface area contributed by atoms with Crippen molar-refractivity contribution in [1.82, 2.24) is 29.7 Å². The summed E-state index contributed by atoms with van der Waals surface area (Å²) in [4.78, 5) is 32.4. The van der Waals surface area contributed by atoms with Crippen LogP contribution in [0.5, 0.6) is 0 Å². The highest BCUT2D eigenvalue weighted by molar-refractivity contribution is 6.33. The van der Waals surface area contributed by atoms with E-state index in [1.165, 1.54) is 38.8 Å². The summed E-state index contributed by atoms with van der Waals surface area (Å²) in [6.07, 6.45) is 10.7. The number of anilines is 1. The van der Waals surface area contributed by atoms with Gasteiger partial charge in [-0.05, 0) is 96.8 Å². The van der Waals surface area contributed by atoms with Gasteiger partial charge in [0, 0.05) is 61.4 Å². The van der Waals surface area contributed by atoms with E-state index in [2.05, 4.69) is 37.2 Å². The number of halogens is 1. The Bertz CT molecular complexity index is 1410. The van der Waals surface area contributed by atoms with Crippen LogP contribution in [0.3, 0.4) is 0 Å². The molecule has 5 heterocycles. The van der Waals surface area contributed by atoms with Crippen LogP contribution in [-0.4, -0.2) is 99.7 Å². The standard InChI is InChI=1S/C34H48ClN7O2/c1-34(2,3)44-33(43)42-14-6-7-25(22-42)21-40-15-10-24(11-16-40)12-17-41-18-13-26(23-41)38-32-37-20-29(35)31(39-32)28-19-36-30-9-5-4-8-27(28)30/h4-5,8-9,19-20,24-26,36H,6-7,10-18,21-23H2,1-3H3,(H,37,38,39). The van der Waals surface area contributed by atoms with Gasteiger partial charge < -0.3 is 29.7 Å². The number of likely N-dealkylation sites (tertiary alicyclic amines) is 3. The quantitative estimate of drug-likeness (QED) is 0.296. The Morgan fingerprint density at radius 3 is 2.66 bits per heavy atom. The zero-order valence-electron chi connectivity index (χ0n) is 26.5. The zero-order valence-corrected chi connectivity index (χ0v) is 27.3. The van der Waals surface area contributed by atoms with E-state index in [1.807, 2.05) is 44.0 Å². The first-order valence-corrected chi connectivity index (χ1v) is 16.9. The molecule has 238 valence electrons. The summed E-state index contributed by atoms with van der Waals surface area (Å²) in [5, 5.41) is 5.24. The number of rotatable bonds is 8. The van der Waals surface area contributed by atoms with Crippen molar-refractivity contribution in [3.8, 4) is 11.3 Å². The van der Waals surface area contributed by atoms with E-state index in [4.69, 9.17) is 21.3 Å². The minimum Gasteiger partial charge on any atom is -0.444 e. The maximum Gasteiger partial charge on any atom is 0.410 e. The highest BCUT2D eigenvalue weighted by atomic mass is 35.5. The van der Waals surface area contributed by atoms with Gasteiger partial charge in [0.2, 0.25) is 5.95 Å². The third-order valence-corrected chi connectivity index (χ3v) is 9.72. The number of hydrogen-bond donors (Lipinski definition) is 2. The molecule has 44 heavy (non-hydrogen) atoms. The van der Waals surface area contributed by atoms with Crippen LogP contribution in [0.15, 0.2) is 36.7 Å². The van der Waals surface area contributed by atoms with Crippen LogP contribution < -0.4 is 5.32 Å². The van der Waals surface area contributed by atoms with Gasteiger partial charge in [0.25, 0.3) is 0 Å². The Balaban J connectivity index is 0.921. The molecule has 0 aliphatic carbocycles. The molecule has 2 aromatic heterocycles. The van der Waals surface area contributed by atoms with Crippen LogP contribution in [0.4, 0.5) is 10.7 Å². The fourth-order valence-corrected chi connectivity index (χ4v) is 7.32. The Morgan fingerprint density at radius 1 is 1.05 bits per heavy atom. The molecule has 0 radical (unpaired) electrons. The smallest absolute Gasteiger partial charge is 0.410 e. The largest absolute Gasteiger partial charge is 0.444 e. The first-order valence-electron chi connectivity index (χ1n) is 16.5. The van der Waals surface area contributed by atoms with Crippen molar-refractivity contribution in [2.45, 2.75) is 70.9 Å². The lowest BCUT2D eigenvalue weighted by Gasteiger charge is -2.38. The zero-order chi connectivity index (χ0) is 30.7. The molecule has 0 bridgehead atoms. The van der Waals surface area contributed by atoms with Gasteiger partial charge in [0.05, 0.1) is 16.9 Å². The molecule has 3 saturated heterocycles. The number of carbonyl (C=O) groups excluding carboxylic acids is 1. The lowest BCUT2D eigenvalue weighted by Crippen LogP contribution is -2.46. The topological polar surface area (TPSA) is 89.6 Å². The predicted octanol–water partition coefficient (Wildman–Crippen LogP) is 6.51. The van der Waals surface area contributed by atoms with Gasteiger partial charge in [0.1, 0.15) is 5.60 Å². The molecule has 3 aliphatic heterocycles. The number of fused-ring (bicyclic) bond motifs is 1. The van der Waals surface area contributed by atoms with Crippen LogP contribution >= 0.6 is 11.6 Å². The molecule has 2 unspecified atom stereocenters. The molecule has 9 nitrogen and oxygen atoms in total. The molecule has 0 saturated carbocycles. The number of hydrogen-bond acceptors (Lipinski definition) is 7. The number of benzene rings is 1. The molecule has 2 atom stereocenters. The fourth-order valence-electron chi connectivity index (χ4n) is 7.12. The number of para-hydroxylation sites is 1. The van der Waals surface area contributed by atoms with Gasteiger partial charge in [-0.25, -0.2) is 14.8 Å². The molecule has 1 aromatic carbocycles. The minimum atomic E-state index is -0.438. The molecule has 3 aliphatic rings. The van der Waals surface area contributed by atoms with Gasteiger partial charge in [-0.3, -0.25) is 0 Å². The normalized spacial score (nSPS) is 22.5. The van der Waals surface area contributed by atoms with Crippen LogP contribution in [0.2, 0.25) is 5.02 Å². The molecule has 0 spiro atoms. The number of ether oxygens (including phenoxy) is 1. The average molecular weight is 622 g/mol. The highest BCUT2D eigenvalue weighted by Crippen LogP contribution is 2.33. The van der Waals surface area contributed by atoms with E-state index < -0.39 is 5.60 Å². The Morgan fingerprint density at radius 2 is 1.84 bits per heavy atom. The van der Waals surface area contributed by atoms with Crippen molar-refractivity contribution in [3.63, 3.8) is 0 Å². The third-order valence-electron chi connectivity index (χ3n) is 9.44. The van der Waals surface area contributed by atoms with Gasteiger partial charge in [-0.15, -0.1) is 0 Å². The average Bonchev–Trinajstić information content (AvgIpc) is 3.64. The third kappa shape index (κ3) is 7.85. The van der Waals surface area contributed by atoms with Crippen LogP contribution in [0.1, 0.15) is 59.3 Å². The number of aromatic amines is 1. The molecule has 2 N–H and O–H groups in total. The second-order valence-electron chi connectivity index (χ2n) is 14.0. The Labute approximate surface area is 266 Å². The summed E-state index contributed by atoms with van der Waals surface area (Å²) in [5.41, 5.74) is 2.38. The molecule has 3 fully saturated rings. The van der Waals surface area contributed by atoms with Crippen molar-refractivity contribution in [1.29, 1.82) is 0 Å². The summed E-state index contributed by atoms with van der Waals surface area (Å²) in [7, 11) is 0. The maximum atomic E-state index is 12.6. The summed E-state index contributed by atoms with van der Waals surface area (Å²) in [6.45, 7) is 14.2. The van der Waals surface area contributed by atoms with Crippen LogP contribution in [0, 0.1) is 11.8 Å². The molecule has 10 heteroatoms. The molecular weight excluding hydrogens is 574 g/mol. The Hall–Kier alpha value is -2.88. The highest BCUT2D eigenvalue weighted by Gasteiger charge is 2.30. The van der Waals surface area contributed by atoms with Crippen molar-refractivity contribution in [2.75, 3.05) is 57.7 Å². The van der Waals surface area contributed by atoms with E-state index >= 15 is 0 Å². The number of nitrogens with zero attached hydrogens (tertiary/aromatic N) is 5. The monoisotopic (exact) mass is 621 g/mol. The first kappa shape index (κ1) is 31.1. The SMILES string of the molecule is CC(C)(C)OC(=O)N1CCCC(CN2CCC(CCN3CCC(Nc4ncc(Cl)c(-c5c[nH]c6ccccc56)n4)C3)CC2)C1. The predicted molar refractivity (Wildman–Crippen MR) is 177 cm³/mol. The number of piperidine rings is 2. The lowest BCUT2D eigenvalue weighted by atomic mass is 9.91. The molecular formula is C34H48ClN7O2. The maximum absolute atomic E-state index is 12.6. The van der Waals surface area contributed by atoms with E-state index in [-0.39, 0.29) is 6.09 Å². The summed E-state index contributed by atoms with van der Waals surface area (Å²) < 4.78 is 5.62. The lowest BCUT2D eigenvalue weighted by molar-refractivity contribution is 0.0135. The first-order chi connectivity index (χ1) is 21.2. The number of carbonyl (C=O) groups is 1. The Kier molecular flexibility index (Phi) is 9.64. The molecule has 1 amide bonds. The number of H-pyrrole nitrogens is 1. The van der Waals surface area contributed by atoms with Crippen LogP contribution in [0.25, 0.3) is 22.2 Å². The van der Waals surface area contributed by atoms with Crippen molar-refractivity contribution >= 4 is 34.5 Å². The van der Waals surface area contributed by atoms with Crippen molar-refractivity contribution in [3.05, 3.63) is 41.7 Å². The van der Waals surface area contributed by atoms with Gasteiger partial charge in [-0.2, -0.15) is 0 Å². The fraction of sp³-hybridized carbons (Fsp3) is 0.618. The van der Waals surface area contributed by atoms with E-state index in [1.54, 1.807) is 6.20 Å². The van der Waals surface area contributed by atoms with Crippen molar-refractivity contribution < 1.29 is 9.53 Å². The second-order valence-corrected chi connectivity index (χ2v) is 14.4. The number of amides is 1. The molecule has 3 aromatic rings. The summed E-state index contributed by atoms with van der Waals surface area (Å²) in [6, 6.07) is 8.54. The van der Waals surface area contributed by atoms with Gasteiger partial charge in [0.15, 0.2) is 0 Å². The van der Waals surface area contributed by atoms with Crippen molar-refractivity contribution in [2.24, 2.45) is 11.8 Å². The van der Waals surface area contributed by atoms with Gasteiger partial charge >= 0.3 is 6.09 Å². The minimum absolute atomic E-state index is 0.156. The summed E-state index contributed by atoms with van der Waals surface area (Å²) >= 11 is 6.54.